The molecule has 0 aromatic rings. The molecule has 0 unspecified atom stereocenters. The van der Waals surface area contributed by atoms with Crippen molar-refractivity contribution in [3.05, 3.63) is 12.7 Å². The molecule has 0 atom stereocenters. The van der Waals surface area contributed by atoms with Gasteiger partial charge in [0.2, 0.25) is 11.8 Å². The molecule has 0 bridgehead atoms. The molecule has 1 fully saturated rings. The molecule has 1 heterocycles. The van der Waals surface area contributed by atoms with Gasteiger partial charge in [-0.3, -0.25) is 14.5 Å². The van der Waals surface area contributed by atoms with E-state index in [1.165, 1.54) is 0 Å². The van der Waals surface area contributed by atoms with Crippen LogP contribution in [0.25, 0.3) is 0 Å². The second-order valence-electron chi connectivity index (χ2n) is 4.60. The Balaban J connectivity index is 0. The van der Waals surface area contributed by atoms with Crippen LogP contribution < -0.4 is 10.6 Å². The Kier molecular flexibility index (Phi) is 13.8. The third-order valence-electron chi connectivity index (χ3n) is 3.12. The van der Waals surface area contributed by atoms with E-state index < -0.39 is 0 Å². The van der Waals surface area contributed by atoms with Crippen molar-refractivity contribution in [2.45, 2.75) is 6.42 Å². The van der Waals surface area contributed by atoms with Crippen LogP contribution in [-0.4, -0.2) is 74.5 Å². The van der Waals surface area contributed by atoms with Crippen LogP contribution in [0.1, 0.15) is 6.42 Å². The van der Waals surface area contributed by atoms with Gasteiger partial charge in [0.05, 0.1) is 6.54 Å². The van der Waals surface area contributed by atoms with E-state index in [9.17, 15) is 9.59 Å². The molecule has 0 aliphatic carbocycles. The Morgan fingerprint density at radius 3 is 2.33 bits per heavy atom. The second kappa shape index (κ2) is 12.9. The van der Waals surface area contributed by atoms with Crippen molar-refractivity contribution in [3.63, 3.8) is 0 Å². The fraction of sp³-hybridized carbons (Fsp3) is 0.692. The summed E-state index contributed by atoms with van der Waals surface area (Å²) in [5, 5.41) is 5.73. The maximum Gasteiger partial charge on any atom is 0.234 e. The van der Waals surface area contributed by atoms with Crippen LogP contribution in [0.5, 0.6) is 0 Å². The van der Waals surface area contributed by atoms with Crippen LogP contribution in [-0.2, 0) is 9.59 Å². The maximum atomic E-state index is 11.8. The van der Waals surface area contributed by atoms with E-state index >= 15 is 0 Å². The molecule has 0 saturated carbocycles. The Hall–Kier alpha value is -0.820. The average Bonchev–Trinajstić information content (AvgIpc) is 2.43. The molecular weight excluding hydrogens is 315 g/mol. The highest BCUT2D eigenvalue weighted by Crippen LogP contribution is 2.03. The zero-order chi connectivity index (χ0) is 14.1. The molecule has 1 aliphatic rings. The summed E-state index contributed by atoms with van der Waals surface area (Å²) >= 11 is 0. The van der Waals surface area contributed by atoms with E-state index in [0.717, 1.165) is 13.1 Å². The molecule has 1 aliphatic heterocycles. The van der Waals surface area contributed by atoms with Gasteiger partial charge < -0.3 is 15.5 Å². The highest BCUT2D eigenvalue weighted by atomic mass is 35.5. The largest absolute Gasteiger partial charge is 0.352 e. The first-order valence-electron chi connectivity index (χ1n) is 6.69. The van der Waals surface area contributed by atoms with Crippen molar-refractivity contribution in [1.29, 1.82) is 0 Å². The summed E-state index contributed by atoms with van der Waals surface area (Å²) < 4.78 is 0. The number of carbonyl (C=O) groups is 2. The maximum absolute atomic E-state index is 11.8. The van der Waals surface area contributed by atoms with E-state index in [4.69, 9.17) is 0 Å². The lowest BCUT2D eigenvalue weighted by molar-refractivity contribution is -0.133. The smallest absolute Gasteiger partial charge is 0.234 e. The number of hydrogen-bond donors (Lipinski definition) is 2. The molecular formula is C13H26Cl2N4O2. The first kappa shape index (κ1) is 22.5. The summed E-state index contributed by atoms with van der Waals surface area (Å²) in [5.74, 6) is 0.194. The standard InChI is InChI=1S/C13H24N4O2.2ClH/c1-3-5-15-12(18)11-16-7-9-17(10-8-16)13(19)4-6-14-2;;/h3,14H,1,4-11H2,2H3,(H,15,18);2*1H. The molecule has 0 spiro atoms. The number of halogens is 2. The number of piperazine rings is 1. The molecule has 2 amide bonds. The van der Waals surface area contributed by atoms with Crippen LogP contribution in [0.2, 0.25) is 0 Å². The predicted octanol–water partition coefficient (Wildman–Crippen LogP) is -0.114. The van der Waals surface area contributed by atoms with Crippen LogP contribution in [0.15, 0.2) is 12.7 Å². The Bertz CT molecular complexity index is 321. The zero-order valence-electron chi connectivity index (χ0n) is 12.5. The van der Waals surface area contributed by atoms with E-state index in [0.29, 0.717) is 39.1 Å². The van der Waals surface area contributed by atoms with Crippen molar-refractivity contribution >= 4 is 36.6 Å². The summed E-state index contributed by atoms with van der Waals surface area (Å²) in [6.07, 6.45) is 2.20. The number of hydrogen-bond acceptors (Lipinski definition) is 4. The van der Waals surface area contributed by atoms with Gasteiger partial charge in [-0.05, 0) is 7.05 Å². The van der Waals surface area contributed by atoms with Crippen molar-refractivity contribution in [2.24, 2.45) is 0 Å². The van der Waals surface area contributed by atoms with Gasteiger partial charge in [0.1, 0.15) is 0 Å². The molecule has 1 saturated heterocycles. The number of rotatable bonds is 7. The topological polar surface area (TPSA) is 64.7 Å². The molecule has 8 heteroatoms. The summed E-state index contributed by atoms with van der Waals surface area (Å²) in [6, 6.07) is 0. The fourth-order valence-electron chi connectivity index (χ4n) is 1.99. The molecule has 0 aromatic heterocycles. The van der Waals surface area contributed by atoms with E-state index in [-0.39, 0.29) is 36.6 Å². The lowest BCUT2D eigenvalue weighted by Gasteiger charge is -2.34. The van der Waals surface area contributed by atoms with Crippen molar-refractivity contribution in [3.8, 4) is 0 Å². The zero-order valence-corrected chi connectivity index (χ0v) is 14.1. The monoisotopic (exact) mass is 340 g/mol. The van der Waals surface area contributed by atoms with E-state index in [1.54, 1.807) is 6.08 Å². The minimum absolute atomic E-state index is 0. The Morgan fingerprint density at radius 1 is 1.19 bits per heavy atom. The van der Waals surface area contributed by atoms with Crippen LogP contribution in [0, 0.1) is 0 Å². The van der Waals surface area contributed by atoms with Crippen molar-refractivity contribution < 1.29 is 9.59 Å². The number of nitrogens with one attached hydrogen (secondary N) is 2. The summed E-state index contributed by atoms with van der Waals surface area (Å²) in [4.78, 5) is 27.3. The molecule has 6 nitrogen and oxygen atoms in total. The fourth-order valence-corrected chi connectivity index (χ4v) is 1.99. The lowest BCUT2D eigenvalue weighted by Crippen LogP contribution is -2.51. The summed E-state index contributed by atoms with van der Waals surface area (Å²) in [6.45, 7) is 8.09. The highest BCUT2D eigenvalue weighted by molar-refractivity contribution is 5.85. The normalized spacial score (nSPS) is 14.6. The third kappa shape index (κ3) is 8.93. The van der Waals surface area contributed by atoms with Gasteiger partial charge in [-0.2, -0.15) is 0 Å². The van der Waals surface area contributed by atoms with Gasteiger partial charge in [-0.1, -0.05) is 6.08 Å². The molecule has 0 aromatic carbocycles. The van der Waals surface area contributed by atoms with Gasteiger partial charge in [0, 0.05) is 45.7 Å². The van der Waals surface area contributed by atoms with Crippen molar-refractivity contribution in [1.82, 2.24) is 20.4 Å². The minimum atomic E-state index is 0. The van der Waals surface area contributed by atoms with Gasteiger partial charge in [-0.25, -0.2) is 0 Å². The predicted molar refractivity (Wildman–Crippen MR) is 89.3 cm³/mol. The summed E-state index contributed by atoms with van der Waals surface area (Å²) in [7, 11) is 1.84. The molecule has 1 rings (SSSR count). The number of amides is 2. The van der Waals surface area contributed by atoms with Crippen LogP contribution >= 0.6 is 24.8 Å². The minimum Gasteiger partial charge on any atom is -0.352 e. The highest BCUT2D eigenvalue weighted by Gasteiger charge is 2.21. The lowest BCUT2D eigenvalue weighted by atomic mass is 10.2. The van der Waals surface area contributed by atoms with Gasteiger partial charge >= 0.3 is 0 Å². The number of nitrogens with zero attached hydrogens (tertiary/aromatic N) is 2. The Morgan fingerprint density at radius 2 is 1.81 bits per heavy atom. The van der Waals surface area contributed by atoms with E-state index in [1.807, 2.05) is 11.9 Å². The second-order valence-corrected chi connectivity index (χ2v) is 4.60. The van der Waals surface area contributed by atoms with Gasteiger partial charge in [0.15, 0.2) is 0 Å². The Labute approximate surface area is 139 Å². The SMILES string of the molecule is C=CCNC(=O)CN1CCN(C(=O)CCNC)CC1.Cl.Cl. The van der Waals surface area contributed by atoms with E-state index in [2.05, 4.69) is 22.1 Å². The molecule has 0 radical (unpaired) electrons. The molecule has 124 valence electrons. The third-order valence-corrected chi connectivity index (χ3v) is 3.12. The van der Waals surface area contributed by atoms with Gasteiger partial charge in [0.25, 0.3) is 0 Å². The van der Waals surface area contributed by atoms with Crippen LogP contribution in [0.4, 0.5) is 0 Å². The first-order valence-corrected chi connectivity index (χ1v) is 6.69. The quantitative estimate of drug-likeness (QED) is 0.634. The summed E-state index contributed by atoms with van der Waals surface area (Å²) in [5.41, 5.74) is 0. The van der Waals surface area contributed by atoms with Gasteiger partial charge in [-0.15, -0.1) is 31.4 Å². The molecule has 2 N–H and O–H groups in total. The average molecular weight is 341 g/mol. The first-order chi connectivity index (χ1) is 9.17. The molecule has 21 heavy (non-hydrogen) atoms. The van der Waals surface area contributed by atoms with Crippen molar-refractivity contribution in [2.75, 3.05) is 52.9 Å². The van der Waals surface area contributed by atoms with Crippen LogP contribution in [0.3, 0.4) is 0 Å². The number of carbonyl (C=O) groups excluding carboxylic acids is 2.